The smallest absolute Gasteiger partial charge is 0.155 e. The van der Waals surface area contributed by atoms with Crippen molar-refractivity contribution < 1.29 is 4.42 Å². The largest absolute Gasteiger partial charge is 0.454 e. The molecule has 0 aliphatic heterocycles. The van der Waals surface area contributed by atoms with E-state index in [4.69, 9.17) is 16.0 Å². The Bertz CT molecular complexity index is 1770. The zero-order valence-corrected chi connectivity index (χ0v) is 18.3. The second-order valence-corrected chi connectivity index (χ2v) is 8.63. The molecule has 0 N–H and O–H groups in total. The van der Waals surface area contributed by atoms with Crippen LogP contribution in [0.3, 0.4) is 0 Å². The van der Waals surface area contributed by atoms with Crippen LogP contribution in [0.15, 0.2) is 108 Å². The summed E-state index contributed by atoms with van der Waals surface area (Å²) in [6.07, 6.45) is 3.37. The van der Waals surface area contributed by atoms with Gasteiger partial charge < -0.3 is 8.98 Å². The van der Waals surface area contributed by atoms with E-state index in [0.29, 0.717) is 10.6 Å². The molecule has 0 spiro atoms. The third-order valence-corrected chi connectivity index (χ3v) is 6.66. The lowest BCUT2D eigenvalue weighted by Crippen LogP contribution is -1.93. The molecule has 3 aromatic heterocycles. The van der Waals surface area contributed by atoms with Crippen molar-refractivity contribution in [3.8, 4) is 16.8 Å². The lowest BCUT2D eigenvalue weighted by atomic mass is 10.0. The normalized spacial score (nSPS) is 11.8. The van der Waals surface area contributed by atoms with E-state index < -0.39 is 0 Å². The van der Waals surface area contributed by atoms with Crippen LogP contribution in [0.25, 0.3) is 60.6 Å². The molecule has 0 aliphatic rings. The minimum Gasteiger partial charge on any atom is -0.454 e. The van der Waals surface area contributed by atoms with E-state index in [9.17, 15) is 0 Å². The molecule has 7 rings (SSSR count). The van der Waals surface area contributed by atoms with Crippen molar-refractivity contribution >= 4 is 55.3 Å². The number of rotatable bonds is 2. The molecule has 0 radical (unpaired) electrons. The third-order valence-electron chi connectivity index (χ3n) is 6.37. The number of aromatic nitrogens is 2. The van der Waals surface area contributed by atoms with Gasteiger partial charge in [0, 0.05) is 28.0 Å². The van der Waals surface area contributed by atoms with Gasteiger partial charge in [-0.15, -0.1) is 0 Å². The van der Waals surface area contributed by atoms with Gasteiger partial charge in [0.1, 0.15) is 5.58 Å². The standard InChI is InChI=1S/C29H17ClN2O/c30-24-16-31-17-28-29(24)23-15-19(11-14-27(23)33-28)18-9-12-20(13-10-18)32-25-7-3-1-5-21(25)22-6-2-4-8-26(22)32/h1-17H. The Kier molecular flexibility index (Phi) is 3.90. The van der Waals surface area contributed by atoms with Crippen LogP contribution in [0.1, 0.15) is 0 Å². The zero-order chi connectivity index (χ0) is 21.9. The predicted molar refractivity (Wildman–Crippen MR) is 136 cm³/mol. The van der Waals surface area contributed by atoms with Crippen LogP contribution in [0.2, 0.25) is 5.02 Å². The second kappa shape index (κ2) is 6.96. The Morgan fingerprint density at radius 3 is 2.03 bits per heavy atom. The Labute approximate surface area is 194 Å². The molecule has 0 bridgehead atoms. The van der Waals surface area contributed by atoms with Crippen molar-refractivity contribution in [2.75, 3.05) is 0 Å². The van der Waals surface area contributed by atoms with Crippen LogP contribution in [-0.4, -0.2) is 9.55 Å². The molecular weight excluding hydrogens is 428 g/mol. The maximum atomic E-state index is 6.42. The summed E-state index contributed by atoms with van der Waals surface area (Å²) in [6.45, 7) is 0. The van der Waals surface area contributed by atoms with Crippen LogP contribution in [0.4, 0.5) is 0 Å². The van der Waals surface area contributed by atoms with Crippen molar-refractivity contribution in [2.45, 2.75) is 0 Å². The van der Waals surface area contributed by atoms with Gasteiger partial charge >= 0.3 is 0 Å². The monoisotopic (exact) mass is 444 g/mol. The SMILES string of the molecule is Clc1cncc2oc3ccc(-c4ccc(-n5c6ccccc6c6ccccc65)cc4)cc3c12. The van der Waals surface area contributed by atoms with E-state index in [1.165, 1.54) is 21.8 Å². The Morgan fingerprint density at radius 2 is 1.30 bits per heavy atom. The fourth-order valence-electron chi connectivity index (χ4n) is 4.87. The number of hydrogen-bond donors (Lipinski definition) is 0. The molecule has 0 saturated heterocycles. The Balaban J connectivity index is 1.38. The van der Waals surface area contributed by atoms with E-state index in [2.05, 4.69) is 94.5 Å². The molecule has 0 aliphatic carbocycles. The first-order chi connectivity index (χ1) is 16.3. The number of pyridine rings is 1. The number of fused-ring (bicyclic) bond motifs is 6. The van der Waals surface area contributed by atoms with Gasteiger partial charge in [0.15, 0.2) is 5.58 Å². The molecule has 3 heterocycles. The molecule has 7 aromatic rings. The van der Waals surface area contributed by atoms with Gasteiger partial charge in [0.25, 0.3) is 0 Å². The number of para-hydroxylation sites is 2. The molecule has 4 heteroatoms. The van der Waals surface area contributed by atoms with Gasteiger partial charge in [-0.1, -0.05) is 66.2 Å². The molecule has 3 nitrogen and oxygen atoms in total. The first kappa shape index (κ1) is 18.5. The van der Waals surface area contributed by atoms with Crippen molar-refractivity contribution in [1.29, 1.82) is 0 Å². The van der Waals surface area contributed by atoms with Crippen molar-refractivity contribution in [1.82, 2.24) is 9.55 Å². The highest BCUT2D eigenvalue weighted by Crippen LogP contribution is 2.36. The maximum absolute atomic E-state index is 6.42. The van der Waals surface area contributed by atoms with Gasteiger partial charge in [0.2, 0.25) is 0 Å². The van der Waals surface area contributed by atoms with Gasteiger partial charge in [-0.05, 0) is 47.5 Å². The van der Waals surface area contributed by atoms with Crippen LogP contribution in [0, 0.1) is 0 Å². The molecule has 33 heavy (non-hydrogen) atoms. The number of furan rings is 1. The minimum absolute atomic E-state index is 0.602. The predicted octanol–water partition coefficient (Wildman–Crippen LogP) is 8.40. The van der Waals surface area contributed by atoms with Gasteiger partial charge in [0.05, 0.1) is 27.6 Å². The summed E-state index contributed by atoms with van der Waals surface area (Å²) >= 11 is 6.42. The van der Waals surface area contributed by atoms with Crippen LogP contribution in [-0.2, 0) is 0 Å². The van der Waals surface area contributed by atoms with Gasteiger partial charge in [-0.25, -0.2) is 0 Å². The number of benzene rings is 4. The minimum atomic E-state index is 0.602. The summed E-state index contributed by atoms with van der Waals surface area (Å²) in [5, 5.41) is 5.04. The van der Waals surface area contributed by atoms with Crippen molar-refractivity contribution in [2.24, 2.45) is 0 Å². The number of nitrogens with zero attached hydrogens (tertiary/aromatic N) is 2. The molecule has 0 amide bonds. The van der Waals surface area contributed by atoms with Crippen LogP contribution in [0.5, 0.6) is 0 Å². The summed E-state index contributed by atoms with van der Waals surface area (Å²) in [5.41, 5.74) is 7.33. The highest BCUT2D eigenvalue weighted by atomic mass is 35.5. The quantitative estimate of drug-likeness (QED) is 0.268. The fourth-order valence-corrected chi connectivity index (χ4v) is 5.12. The molecule has 0 fully saturated rings. The Morgan fingerprint density at radius 1 is 0.636 bits per heavy atom. The molecular formula is C29H17ClN2O. The Hall–Kier alpha value is -4.08. The second-order valence-electron chi connectivity index (χ2n) is 8.22. The highest BCUT2D eigenvalue weighted by molar-refractivity contribution is 6.37. The van der Waals surface area contributed by atoms with E-state index in [1.807, 2.05) is 6.07 Å². The first-order valence-electron chi connectivity index (χ1n) is 10.8. The third kappa shape index (κ3) is 2.73. The highest BCUT2D eigenvalue weighted by Gasteiger charge is 2.13. The van der Waals surface area contributed by atoms with E-state index >= 15 is 0 Å². The van der Waals surface area contributed by atoms with Crippen LogP contribution >= 0.6 is 11.6 Å². The maximum Gasteiger partial charge on any atom is 0.155 e. The number of halogens is 1. The molecule has 156 valence electrons. The van der Waals surface area contributed by atoms with Gasteiger partial charge in [-0.2, -0.15) is 0 Å². The topological polar surface area (TPSA) is 31.0 Å². The van der Waals surface area contributed by atoms with E-state index in [1.54, 1.807) is 12.4 Å². The fraction of sp³-hybridized carbons (Fsp3) is 0. The average molecular weight is 445 g/mol. The number of hydrogen-bond acceptors (Lipinski definition) is 2. The zero-order valence-electron chi connectivity index (χ0n) is 17.5. The summed E-state index contributed by atoms with van der Waals surface area (Å²) in [7, 11) is 0. The lowest BCUT2D eigenvalue weighted by Gasteiger charge is -2.09. The molecule has 0 saturated carbocycles. The summed E-state index contributed by atoms with van der Waals surface area (Å²) in [6, 6.07) is 32.1. The molecule has 0 atom stereocenters. The first-order valence-corrected chi connectivity index (χ1v) is 11.2. The van der Waals surface area contributed by atoms with E-state index in [0.717, 1.165) is 33.2 Å². The van der Waals surface area contributed by atoms with E-state index in [-0.39, 0.29) is 0 Å². The summed E-state index contributed by atoms with van der Waals surface area (Å²) in [4.78, 5) is 4.14. The van der Waals surface area contributed by atoms with Crippen molar-refractivity contribution in [3.05, 3.63) is 108 Å². The average Bonchev–Trinajstić information content (AvgIpc) is 3.40. The van der Waals surface area contributed by atoms with Gasteiger partial charge in [-0.3, -0.25) is 4.98 Å². The summed E-state index contributed by atoms with van der Waals surface area (Å²) < 4.78 is 8.25. The lowest BCUT2D eigenvalue weighted by molar-refractivity contribution is 0.667. The van der Waals surface area contributed by atoms with Crippen molar-refractivity contribution in [3.63, 3.8) is 0 Å². The molecule has 4 aromatic carbocycles. The molecule has 0 unspecified atom stereocenters. The van der Waals surface area contributed by atoms with Crippen LogP contribution < -0.4 is 0 Å². The summed E-state index contributed by atoms with van der Waals surface area (Å²) in [5.74, 6) is 0.